The number of rotatable bonds is 1. The second-order valence-corrected chi connectivity index (χ2v) is 5.13. The van der Waals surface area contributed by atoms with E-state index in [1.807, 2.05) is 10.6 Å². The minimum atomic E-state index is 0.233. The Morgan fingerprint density at radius 2 is 2.11 bits per heavy atom. The number of hydrogen-bond donors (Lipinski definition) is 2. The van der Waals surface area contributed by atoms with E-state index in [2.05, 4.69) is 29.9 Å². The van der Waals surface area contributed by atoms with E-state index in [9.17, 15) is 0 Å². The Labute approximate surface area is 106 Å². The van der Waals surface area contributed by atoms with Crippen LogP contribution in [0.2, 0.25) is 0 Å². The maximum Gasteiger partial charge on any atom is 0.175 e. The highest BCUT2D eigenvalue weighted by Gasteiger charge is 2.24. The maximum absolute atomic E-state index is 6.22. The van der Waals surface area contributed by atoms with Crippen molar-refractivity contribution in [1.82, 2.24) is 9.61 Å². The van der Waals surface area contributed by atoms with Gasteiger partial charge in [0.2, 0.25) is 0 Å². The van der Waals surface area contributed by atoms with Crippen LogP contribution in [0.15, 0.2) is 12.1 Å². The first-order valence-corrected chi connectivity index (χ1v) is 6.33. The third-order valence-corrected chi connectivity index (χ3v) is 3.84. The van der Waals surface area contributed by atoms with Crippen LogP contribution in [0, 0.1) is 13.8 Å². The zero-order valence-corrected chi connectivity index (χ0v) is 10.8. The molecule has 0 aromatic carbocycles. The summed E-state index contributed by atoms with van der Waals surface area (Å²) in [6.45, 7) is 5.92. The lowest BCUT2D eigenvalue weighted by Crippen LogP contribution is -2.27. The van der Waals surface area contributed by atoms with Crippen molar-refractivity contribution in [3.8, 4) is 0 Å². The molecule has 0 bridgehead atoms. The molecule has 96 valence electrons. The quantitative estimate of drug-likeness (QED) is 0.788. The molecule has 18 heavy (non-hydrogen) atoms. The highest BCUT2D eigenvalue weighted by Crippen LogP contribution is 2.30. The standard InChI is InChI=1S/C13H19N5/c1-8-3-4-11-12(15)13(16-18(11)9(8)2)17-6-5-10(14)7-17/h3-4,10H,5-7,14-15H2,1-2H3. The van der Waals surface area contributed by atoms with Gasteiger partial charge in [-0.05, 0) is 31.9 Å². The van der Waals surface area contributed by atoms with E-state index in [0.717, 1.165) is 42.2 Å². The van der Waals surface area contributed by atoms with Crippen LogP contribution in [-0.2, 0) is 0 Å². The summed E-state index contributed by atoms with van der Waals surface area (Å²) in [5.74, 6) is 0.872. The summed E-state index contributed by atoms with van der Waals surface area (Å²) in [5.41, 5.74) is 16.2. The average molecular weight is 245 g/mol. The fourth-order valence-electron chi connectivity index (χ4n) is 2.55. The lowest BCUT2D eigenvalue weighted by atomic mass is 10.2. The molecule has 0 radical (unpaired) electrons. The van der Waals surface area contributed by atoms with Gasteiger partial charge in [-0.25, -0.2) is 4.52 Å². The number of fused-ring (bicyclic) bond motifs is 1. The SMILES string of the molecule is Cc1ccc2c(N)c(N3CCC(N)C3)nn2c1C. The lowest BCUT2D eigenvalue weighted by Gasteiger charge is -2.14. The summed E-state index contributed by atoms with van der Waals surface area (Å²) in [6, 6.07) is 4.35. The van der Waals surface area contributed by atoms with Crippen LogP contribution in [0.5, 0.6) is 0 Å². The van der Waals surface area contributed by atoms with E-state index >= 15 is 0 Å². The molecule has 3 rings (SSSR count). The molecule has 1 atom stereocenters. The zero-order chi connectivity index (χ0) is 12.9. The number of anilines is 2. The molecule has 0 amide bonds. The van der Waals surface area contributed by atoms with Crippen molar-refractivity contribution in [3.63, 3.8) is 0 Å². The van der Waals surface area contributed by atoms with E-state index in [0.29, 0.717) is 0 Å². The number of aromatic nitrogens is 2. The smallest absolute Gasteiger partial charge is 0.175 e. The summed E-state index contributed by atoms with van der Waals surface area (Å²) in [7, 11) is 0. The van der Waals surface area contributed by atoms with E-state index in [1.165, 1.54) is 5.56 Å². The third kappa shape index (κ3) is 1.54. The van der Waals surface area contributed by atoms with Crippen LogP contribution >= 0.6 is 0 Å². The fraction of sp³-hybridized carbons (Fsp3) is 0.462. The Bertz CT molecular complexity index is 601. The van der Waals surface area contributed by atoms with Gasteiger partial charge in [0.05, 0.1) is 5.52 Å². The zero-order valence-electron chi connectivity index (χ0n) is 10.8. The van der Waals surface area contributed by atoms with Gasteiger partial charge in [-0.15, -0.1) is 5.10 Å². The van der Waals surface area contributed by atoms with Crippen molar-refractivity contribution in [2.75, 3.05) is 23.7 Å². The van der Waals surface area contributed by atoms with E-state index in [4.69, 9.17) is 11.5 Å². The Morgan fingerprint density at radius 3 is 2.78 bits per heavy atom. The largest absolute Gasteiger partial charge is 0.394 e. The lowest BCUT2D eigenvalue weighted by molar-refractivity contribution is 0.750. The second kappa shape index (κ2) is 3.88. The fourth-order valence-corrected chi connectivity index (χ4v) is 2.55. The molecular formula is C13H19N5. The van der Waals surface area contributed by atoms with Gasteiger partial charge in [0.15, 0.2) is 5.82 Å². The molecule has 1 unspecified atom stereocenters. The molecule has 1 fully saturated rings. The molecule has 3 heterocycles. The molecule has 2 aromatic rings. The second-order valence-electron chi connectivity index (χ2n) is 5.13. The van der Waals surface area contributed by atoms with Gasteiger partial charge in [-0.1, -0.05) is 6.07 Å². The van der Waals surface area contributed by atoms with Gasteiger partial charge in [0.25, 0.3) is 0 Å². The van der Waals surface area contributed by atoms with E-state index < -0.39 is 0 Å². The van der Waals surface area contributed by atoms with Gasteiger partial charge in [0, 0.05) is 24.8 Å². The first-order valence-electron chi connectivity index (χ1n) is 6.33. The molecule has 5 nitrogen and oxygen atoms in total. The Hall–Kier alpha value is -1.75. The molecule has 0 spiro atoms. The molecule has 1 aliphatic heterocycles. The van der Waals surface area contributed by atoms with Crippen molar-refractivity contribution in [2.24, 2.45) is 5.73 Å². The number of nitrogen functional groups attached to an aromatic ring is 1. The molecule has 0 aliphatic carbocycles. The number of nitrogens with two attached hydrogens (primary N) is 2. The van der Waals surface area contributed by atoms with Crippen molar-refractivity contribution in [3.05, 3.63) is 23.4 Å². The Morgan fingerprint density at radius 1 is 1.33 bits per heavy atom. The number of nitrogens with zero attached hydrogens (tertiary/aromatic N) is 3. The van der Waals surface area contributed by atoms with Gasteiger partial charge in [-0.2, -0.15) is 0 Å². The third-order valence-electron chi connectivity index (χ3n) is 3.84. The summed E-state index contributed by atoms with van der Waals surface area (Å²) in [5, 5.41) is 4.65. The summed E-state index contributed by atoms with van der Waals surface area (Å²) < 4.78 is 1.93. The predicted molar refractivity (Wildman–Crippen MR) is 73.9 cm³/mol. The molecule has 1 aliphatic rings. The van der Waals surface area contributed by atoms with Crippen LogP contribution in [-0.4, -0.2) is 28.7 Å². The summed E-state index contributed by atoms with van der Waals surface area (Å²) in [6.07, 6.45) is 1.01. The van der Waals surface area contributed by atoms with Gasteiger partial charge >= 0.3 is 0 Å². The number of pyridine rings is 1. The summed E-state index contributed by atoms with van der Waals surface area (Å²) >= 11 is 0. The Kier molecular flexibility index (Phi) is 2.45. The maximum atomic E-state index is 6.22. The average Bonchev–Trinajstić information content (AvgIpc) is 2.89. The first-order chi connectivity index (χ1) is 8.58. The highest BCUT2D eigenvalue weighted by atomic mass is 15.3. The van der Waals surface area contributed by atoms with E-state index in [1.54, 1.807) is 0 Å². The van der Waals surface area contributed by atoms with E-state index in [-0.39, 0.29) is 6.04 Å². The topological polar surface area (TPSA) is 72.6 Å². The van der Waals surface area contributed by atoms with Crippen molar-refractivity contribution >= 4 is 17.0 Å². The Balaban J connectivity index is 2.14. The normalized spacial score (nSPS) is 19.9. The number of aryl methyl sites for hydroxylation is 2. The van der Waals surface area contributed by atoms with Crippen LogP contribution in [0.25, 0.3) is 5.52 Å². The predicted octanol–water partition coefficient (Wildman–Crippen LogP) is 1.07. The van der Waals surface area contributed by atoms with Crippen molar-refractivity contribution in [1.29, 1.82) is 0 Å². The summed E-state index contributed by atoms with van der Waals surface area (Å²) in [4.78, 5) is 2.18. The molecule has 5 heteroatoms. The highest BCUT2D eigenvalue weighted by molar-refractivity contribution is 5.82. The molecular weight excluding hydrogens is 226 g/mol. The molecule has 2 aromatic heterocycles. The van der Waals surface area contributed by atoms with Gasteiger partial charge in [-0.3, -0.25) is 0 Å². The van der Waals surface area contributed by atoms with Gasteiger partial charge < -0.3 is 16.4 Å². The minimum Gasteiger partial charge on any atom is -0.394 e. The minimum absolute atomic E-state index is 0.233. The van der Waals surface area contributed by atoms with Crippen LogP contribution < -0.4 is 16.4 Å². The molecule has 4 N–H and O–H groups in total. The van der Waals surface area contributed by atoms with Crippen LogP contribution in [0.1, 0.15) is 17.7 Å². The van der Waals surface area contributed by atoms with Crippen LogP contribution in [0.4, 0.5) is 11.5 Å². The van der Waals surface area contributed by atoms with Crippen molar-refractivity contribution < 1.29 is 0 Å². The molecule has 1 saturated heterocycles. The van der Waals surface area contributed by atoms with Crippen molar-refractivity contribution in [2.45, 2.75) is 26.3 Å². The first kappa shape index (κ1) is 11.3. The van der Waals surface area contributed by atoms with Gasteiger partial charge in [0.1, 0.15) is 5.69 Å². The number of hydrogen-bond acceptors (Lipinski definition) is 4. The van der Waals surface area contributed by atoms with Crippen LogP contribution in [0.3, 0.4) is 0 Å². The molecule has 0 saturated carbocycles. The monoisotopic (exact) mass is 245 g/mol.